The molecular formula is C22H21ClFN5O2S. The summed E-state index contributed by atoms with van der Waals surface area (Å²) in [5, 5.41) is 14.7. The van der Waals surface area contributed by atoms with E-state index in [-0.39, 0.29) is 23.8 Å². The molecule has 1 heterocycles. The van der Waals surface area contributed by atoms with Crippen LogP contribution in [0.2, 0.25) is 5.02 Å². The lowest BCUT2D eigenvalue weighted by atomic mass is 10.2. The second kappa shape index (κ2) is 10.9. The molecule has 1 aromatic heterocycles. The lowest BCUT2D eigenvalue weighted by Crippen LogP contribution is -2.25. The first-order valence-corrected chi connectivity index (χ1v) is 11.0. The molecule has 0 aliphatic carbocycles. The van der Waals surface area contributed by atoms with Crippen LogP contribution in [0.25, 0.3) is 0 Å². The molecule has 0 saturated carbocycles. The van der Waals surface area contributed by atoms with Gasteiger partial charge in [-0.25, -0.2) is 4.39 Å². The third kappa shape index (κ3) is 5.95. The largest absolute Gasteiger partial charge is 0.345 e. The second-order valence-electron chi connectivity index (χ2n) is 6.76. The van der Waals surface area contributed by atoms with E-state index in [0.29, 0.717) is 28.2 Å². The molecule has 0 unspecified atom stereocenters. The number of halogens is 2. The summed E-state index contributed by atoms with van der Waals surface area (Å²) >= 11 is 7.20. The maximum atomic E-state index is 13.8. The minimum Gasteiger partial charge on any atom is -0.345 e. The molecule has 0 fully saturated rings. The predicted molar refractivity (Wildman–Crippen MR) is 123 cm³/mol. The fraction of sp³-hybridized carbons (Fsp3) is 0.182. The predicted octanol–water partition coefficient (Wildman–Crippen LogP) is 4.23. The van der Waals surface area contributed by atoms with Crippen molar-refractivity contribution in [3.05, 3.63) is 82.9 Å². The standard InChI is InChI=1S/C22H21ClFN5O2S/c1-3-10-29-19(12-25-21(31)16-6-4-5-7-17(16)24)27-28-22(29)32-13-20(30)26-18-11-15(23)9-8-14(18)2/h3-9,11H,1,10,12-13H2,2H3,(H,25,31)(H,26,30). The fourth-order valence-electron chi connectivity index (χ4n) is 2.81. The SMILES string of the molecule is C=CCn1c(CNC(=O)c2ccccc2F)nnc1SCC(=O)Nc1cc(Cl)ccc1C. The Hall–Kier alpha value is -3.17. The summed E-state index contributed by atoms with van der Waals surface area (Å²) in [6, 6.07) is 11.0. The lowest BCUT2D eigenvalue weighted by Gasteiger charge is -2.10. The van der Waals surface area contributed by atoms with Crippen LogP contribution < -0.4 is 10.6 Å². The lowest BCUT2D eigenvalue weighted by molar-refractivity contribution is -0.113. The van der Waals surface area contributed by atoms with Crippen LogP contribution in [0.5, 0.6) is 0 Å². The van der Waals surface area contributed by atoms with Crippen LogP contribution in [-0.2, 0) is 17.9 Å². The number of rotatable bonds is 9. The molecule has 0 saturated heterocycles. The first-order chi connectivity index (χ1) is 15.4. The van der Waals surface area contributed by atoms with Crippen molar-refractivity contribution in [1.82, 2.24) is 20.1 Å². The van der Waals surface area contributed by atoms with Gasteiger partial charge in [-0.2, -0.15) is 0 Å². The number of aryl methyl sites for hydroxylation is 1. The van der Waals surface area contributed by atoms with Crippen molar-refractivity contribution in [2.45, 2.75) is 25.2 Å². The molecule has 166 valence electrons. The second-order valence-corrected chi connectivity index (χ2v) is 8.14. The van der Waals surface area contributed by atoms with E-state index < -0.39 is 11.7 Å². The molecule has 0 spiro atoms. The van der Waals surface area contributed by atoms with Crippen LogP contribution in [0.15, 0.2) is 60.3 Å². The average Bonchev–Trinajstić information content (AvgIpc) is 3.15. The molecule has 0 aliphatic rings. The van der Waals surface area contributed by atoms with Crippen LogP contribution in [-0.4, -0.2) is 32.3 Å². The molecular weight excluding hydrogens is 453 g/mol. The van der Waals surface area contributed by atoms with E-state index in [1.54, 1.807) is 28.8 Å². The van der Waals surface area contributed by atoms with E-state index in [9.17, 15) is 14.0 Å². The van der Waals surface area contributed by atoms with Crippen LogP contribution in [0.3, 0.4) is 0 Å². The summed E-state index contributed by atoms with van der Waals surface area (Å²) in [6.45, 7) is 6.03. The molecule has 3 rings (SSSR count). The number of hydrogen-bond acceptors (Lipinski definition) is 5. The Labute approximate surface area is 194 Å². The first kappa shape index (κ1) is 23.5. The molecule has 10 heteroatoms. The highest BCUT2D eigenvalue weighted by atomic mass is 35.5. The average molecular weight is 474 g/mol. The van der Waals surface area contributed by atoms with Crippen molar-refractivity contribution in [3.8, 4) is 0 Å². The van der Waals surface area contributed by atoms with Gasteiger partial charge in [0.1, 0.15) is 5.82 Å². The van der Waals surface area contributed by atoms with E-state index in [1.165, 1.54) is 30.0 Å². The summed E-state index contributed by atoms with van der Waals surface area (Å²) in [5.74, 6) is -0.814. The Morgan fingerprint density at radius 2 is 2.03 bits per heavy atom. The monoisotopic (exact) mass is 473 g/mol. The highest BCUT2D eigenvalue weighted by molar-refractivity contribution is 7.99. The number of nitrogens with one attached hydrogen (secondary N) is 2. The maximum absolute atomic E-state index is 13.8. The van der Waals surface area contributed by atoms with Crippen LogP contribution in [0, 0.1) is 12.7 Å². The van der Waals surface area contributed by atoms with Gasteiger partial charge in [-0.15, -0.1) is 16.8 Å². The minimum absolute atomic E-state index is 0.0441. The van der Waals surface area contributed by atoms with Gasteiger partial charge in [0.05, 0.1) is 17.9 Å². The number of allylic oxidation sites excluding steroid dienone is 1. The Bertz CT molecular complexity index is 1150. The molecule has 2 N–H and O–H groups in total. The van der Waals surface area contributed by atoms with Gasteiger partial charge < -0.3 is 15.2 Å². The van der Waals surface area contributed by atoms with Crippen LogP contribution in [0.1, 0.15) is 21.7 Å². The van der Waals surface area contributed by atoms with Crippen molar-refractivity contribution in [2.75, 3.05) is 11.1 Å². The van der Waals surface area contributed by atoms with Crippen molar-refractivity contribution in [1.29, 1.82) is 0 Å². The summed E-state index contributed by atoms with van der Waals surface area (Å²) in [4.78, 5) is 24.6. The number of benzene rings is 2. The highest BCUT2D eigenvalue weighted by Crippen LogP contribution is 2.22. The quantitative estimate of drug-likeness (QED) is 0.358. The van der Waals surface area contributed by atoms with Gasteiger partial charge >= 0.3 is 0 Å². The van der Waals surface area contributed by atoms with Gasteiger partial charge in [0, 0.05) is 17.3 Å². The molecule has 7 nitrogen and oxygen atoms in total. The van der Waals surface area contributed by atoms with Gasteiger partial charge in [0.25, 0.3) is 5.91 Å². The third-order valence-electron chi connectivity index (χ3n) is 4.44. The number of aromatic nitrogens is 3. The Kier molecular flexibility index (Phi) is 8.02. The smallest absolute Gasteiger partial charge is 0.254 e. The molecule has 2 amide bonds. The minimum atomic E-state index is -0.602. The number of hydrogen-bond donors (Lipinski definition) is 2. The molecule has 0 radical (unpaired) electrons. The van der Waals surface area contributed by atoms with E-state index in [1.807, 2.05) is 13.0 Å². The van der Waals surface area contributed by atoms with Crippen molar-refractivity contribution in [3.63, 3.8) is 0 Å². The van der Waals surface area contributed by atoms with E-state index in [2.05, 4.69) is 27.4 Å². The van der Waals surface area contributed by atoms with Crippen molar-refractivity contribution >= 4 is 40.9 Å². The first-order valence-electron chi connectivity index (χ1n) is 9.63. The molecule has 0 bridgehead atoms. The Morgan fingerprint density at radius 1 is 1.25 bits per heavy atom. The number of carbonyl (C=O) groups is 2. The van der Waals surface area contributed by atoms with Crippen molar-refractivity contribution < 1.29 is 14.0 Å². The summed E-state index contributed by atoms with van der Waals surface area (Å²) in [6.07, 6.45) is 1.66. The van der Waals surface area contributed by atoms with Crippen molar-refractivity contribution in [2.24, 2.45) is 0 Å². The highest BCUT2D eigenvalue weighted by Gasteiger charge is 2.16. The number of anilines is 1. The van der Waals surface area contributed by atoms with Gasteiger partial charge in [0.2, 0.25) is 5.91 Å². The normalized spacial score (nSPS) is 10.6. The molecule has 3 aromatic rings. The topological polar surface area (TPSA) is 88.9 Å². The van der Waals surface area contributed by atoms with E-state index >= 15 is 0 Å². The van der Waals surface area contributed by atoms with Crippen LogP contribution in [0.4, 0.5) is 10.1 Å². The Morgan fingerprint density at radius 3 is 2.78 bits per heavy atom. The third-order valence-corrected chi connectivity index (χ3v) is 5.64. The van der Waals surface area contributed by atoms with Crippen LogP contribution >= 0.6 is 23.4 Å². The number of carbonyl (C=O) groups excluding carboxylic acids is 2. The maximum Gasteiger partial charge on any atom is 0.254 e. The zero-order chi connectivity index (χ0) is 23.1. The summed E-state index contributed by atoms with van der Waals surface area (Å²) in [7, 11) is 0. The molecule has 0 aliphatic heterocycles. The molecule has 2 aromatic carbocycles. The molecule has 32 heavy (non-hydrogen) atoms. The number of amides is 2. The number of nitrogens with zero attached hydrogens (tertiary/aromatic N) is 3. The van der Waals surface area contributed by atoms with E-state index in [0.717, 1.165) is 5.56 Å². The van der Waals surface area contributed by atoms with Gasteiger partial charge in [-0.3, -0.25) is 9.59 Å². The van der Waals surface area contributed by atoms with E-state index in [4.69, 9.17) is 11.6 Å². The van der Waals surface area contributed by atoms with Gasteiger partial charge in [-0.1, -0.05) is 47.6 Å². The number of thioether (sulfide) groups is 1. The molecule has 0 atom stereocenters. The fourth-order valence-corrected chi connectivity index (χ4v) is 3.75. The van der Waals surface area contributed by atoms with Gasteiger partial charge in [-0.05, 0) is 36.8 Å². The van der Waals surface area contributed by atoms with Gasteiger partial charge in [0.15, 0.2) is 11.0 Å². The summed E-state index contributed by atoms with van der Waals surface area (Å²) < 4.78 is 15.5. The zero-order valence-corrected chi connectivity index (χ0v) is 18.8. The zero-order valence-electron chi connectivity index (χ0n) is 17.3. The summed E-state index contributed by atoms with van der Waals surface area (Å²) in [5.41, 5.74) is 1.49. The Balaban J connectivity index is 1.63.